The van der Waals surface area contributed by atoms with Gasteiger partial charge in [-0.15, -0.1) is 0 Å². The predicted molar refractivity (Wildman–Crippen MR) is 60.5 cm³/mol. The van der Waals surface area contributed by atoms with Crippen LogP contribution in [0.1, 0.15) is 39.0 Å². The average molecular weight is 196 g/mol. The van der Waals surface area contributed by atoms with Gasteiger partial charge in [-0.1, -0.05) is 19.3 Å². The minimum Gasteiger partial charge on any atom is -0.313 e. The van der Waals surface area contributed by atoms with Gasteiger partial charge in [0.2, 0.25) is 0 Å². The molecule has 2 heteroatoms. The lowest BCUT2D eigenvalue weighted by Crippen LogP contribution is -2.36. The Morgan fingerprint density at radius 1 is 1.29 bits per heavy atom. The maximum Gasteiger partial charge on any atom is 0.0166 e. The fourth-order valence-electron chi connectivity index (χ4n) is 2.54. The van der Waals surface area contributed by atoms with Crippen molar-refractivity contribution in [2.24, 2.45) is 5.92 Å². The van der Waals surface area contributed by atoms with Gasteiger partial charge in [-0.05, 0) is 45.3 Å². The first-order valence-corrected chi connectivity index (χ1v) is 6.30. The largest absolute Gasteiger partial charge is 0.313 e. The second kappa shape index (κ2) is 5.13. The predicted octanol–water partition coefficient (Wildman–Crippen LogP) is 1.86. The van der Waals surface area contributed by atoms with Gasteiger partial charge < -0.3 is 10.2 Å². The summed E-state index contributed by atoms with van der Waals surface area (Å²) in [6, 6.07) is 0.693. The van der Waals surface area contributed by atoms with Crippen molar-refractivity contribution < 1.29 is 0 Å². The van der Waals surface area contributed by atoms with E-state index in [1.807, 2.05) is 0 Å². The lowest BCUT2D eigenvalue weighted by Gasteiger charge is -2.29. The van der Waals surface area contributed by atoms with Crippen LogP contribution in [-0.2, 0) is 0 Å². The van der Waals surface area contributed by atoms with Crippen LogP contribution in [-0.4, -0.2) is 37.1 Å². The highest BCUT2D eigenvalue weighted by atomic mass is 15.2. The highest BCUT2D eigenvalue weighted by molar-refractivity contribution is 4.76. The third-order valence-electron chi connectivity index (χ3n) is 3.75. The summed E-state index contributed by atoms with van der Waals surface area (Å²) in [4.78, 5) is 2.66. The van der Waals surface area contributed by atoms with E-state index in [0.29, 0.717) is 6.04 Å². The van der Waals surface area contributed by atoms with Crippen molar-refractivity contribution in [1.29, 1.82) is 0 Å². The van der Waals surface area contributed by atoms with Crippen LogP contribution in [0, 0.1) is 5.92 Å². The minimum absolute atomic E-state index is 0.693. The molecule has 0 amide bonds. The summed E-state index contributed by atoms with van der Waals surface area (Å²) >= 11 is 0. The summed E-state index contributed by atoms with van der Waals surface area (Å²) in [5, 5.41) is 3.55. The molecule has 0 radical (unpaired) electrons. The molecule has 1 aliphatic carbocycles. The third-order valence-corrected chi connectivity index (χ3v) is 3.75. The molecule has 14 heavy (non-hydrogen) atoms. The van der Waals surface area contributed by atoms with Crippen molar-refractivity contribution in [3.8, 4) is 0 Å². The molecular weight excluding hydrogens is 172 g/mol. The second-order valence-electron chi connectivity index (χ2n) is 5.09. The number of hydrogen-bond donors (Lipinski definition) is 1. The molecule has 1 heterocycles. The molecule has 1 aliphatic heterocycles. The van der Waals surface area contributed by atoms with E-state index < -0.39 is 0 Å². The maximum absolute atomic E-state index is 3.55. The molecule has 1 saturated heterocycles. The fraction of sp³-hybridized carbons (Fsp3) is 1.00. The van der Waals surface area contributed by atoms with Gasteiger partial charge in [-0.2, -0.15) is 0 Å². The first-order valence-electron chi connectivity index (χ1n) is 6.30. The number of rotatable bonds is 3. The molecule has 0 aromatic carbocycles. The van der Waals surface area contributed by atoms with Crippen molar-refractivity contribution >= 4 is 0 Å². The molecule has 2 aliphatic rings. The standard InChI is InChI=1S/C12H24N2/c1-11-10-14(8-3-7-13-11)9-6-12-4-2-5-12/h11-13H,2-10H2,1H3. The fourth-order valence-corrected chi connectivity index (χ4v) is 2.54. The van der Waals surface area contributed by atoms with E-state index in [0.717, 1.165) is 5.92 Å². The van der Waals surface area contributed by atoms with E-state index in [4.69, 9.17) is 0 Å². The summed E-state index contributed by atoms with van der Waals surface area (Å²) in [6.07, 6.45) is 7.27. The first kappa shape index (κ1) is 10.4. The van der Waals surface area contributed by atoms with Crippen molar-refractivity contribution in [1.82, 2.24) is 10.2 Å². The van der Waals surface area contributed by atoms with E-state index in [-0.39, 0.29) is 0 Å². The van der Waals surface area contributed by atoms with Crippen LogP contribution in [0.5, 0.6) is 0 Å². The van der Waals surface area contributed by atoms with Crippen LogP contribution in [0.25, 0.3) is 0 Å². The minimum atomic E-state index is 0.693. The Bertz CT molecular complexity index is 166. The van der Waals surface area contributed by atoms with Gasteiger partial charge in [0, 0.05) is 12.6 Å². The molecule has 1 saturated carbocycles. The normalized spacial score (nSPS) is 31.1. The SMILES string of the molecule is CC1CN(CCC2CCC2)CCCN1. The van der Waals surface area contributed by atoms with Crippen LogP contribution in [0.4, 0.5) is 0 Å². The molecular formula is C12H24N2. The summed E-state index contributed by atoms with van der Waals surface area (Å²) in [5.74, 6) is 1.07. The zero-order chi connectivity index (χ0) is 9.80. The van der Waals surface area contributed by atoms with Crippen LogP contribution in [0.3, 0.4) is 0 Å². The molecule has 82 valence electrons. The zero-order valence-electron chi connectivity index (χ0n) is 9.47. The maximum atomic E-state index is 3.55. The van der Waals surface area contributed by atoms with E-state index in [1.165, 1.54) is 58.3 Å². The molecule has 1 N–H and O–H groups in total. The van der Waals surface area contributed by atoms with Gasteiger partial charge in [-0.25, -0.2) is 0 Å². The summed E-state index contributed by atoms with van der Waals surface area (Å²) in [5.41, 5.74) is 0. The smallest absolute Gasteiger partial charge is 0.0166 e. The highest BCUT2D eigenvalue weighted by Crippen LogP contribution is 2.29. The van der Waals surface area contributed by atoms with Crippen LogP contribution >= 0.6 is 0 Å². The molecule has 0 bridgehead atoms. The summed E-state index contributed by atoms with van der Waals surface area (Å²) in [6.45, 7) is 7.43. The monoisotopic (exact) mass is 196 g/mol. The number of nitrogens with one attached hydrogen (secondary N) is 1. The van der Waals surface area contributed by atoms with E-state index >= 15 is 0 Å². The molecule has 0 aromatic rings. The van der Waals surface area contributed by atoms with Crippen LogP contribution in [0.15, 0.2) is 0 Å². The Balaban J connectivity index is 1.66. The Labute approximate surface area is 88.1 Å². The molecule has 1 unspecified atom stereocenters. The summed E-state index contributed by atoms with van der Waals surface area (Å²) < 4.78 is 0. The highest BCUT2D eigenvalue weighted by Gasteiger charge is 2.19. The average Bonchev–Trinajstić information content (AvgIpc) is 2.27. The first-order chi connectivity index (χ1) is 6.84. The molecule has 0 aromatic heterocycles. The second-order valence-corrected chi connectivity index (χ2v) is 5.09. The van der Waals surface area contributed by atoms with Crippen molar-refractivity contribution in [3.63, 3.8) is 0 Å². The lowest BCUT2D eigenvalue weighted by atomic mass is 9.83. The van der Waals surface area contributed by atoms with Gasteiger partial charge in [-0.3, -0.25) is 0 Å². The molecule has 1 atom stereocenters. The Kier molecular flexibility index (Phi) is 3.82. The summed E-state index contributed by atoms with van der Waals surface area (Å²) in [7, 11) is 0. The van der Waals surface area contributed by atoms with Crippen LogP contribution < -0.4 is 5.32 Å². The number of nitrogens with zero attached hydrogens (tertiary/aromatic N) is 1. The number of hydrogen-bond acceptors (Lipinski definition) is 2. The van der Waals surface area contributed by atoms with Gasteiger partial charge in [0.05, 0.1) is 0 Å². The van der Waals surface area contributed by atoms with E-state index in [1.54, 1.807) is 0 Å². The van der Waals surface area contributed by atoms with Gasteiger partial charge in [0.15, 0.2) is 0 Å². The van der Waals surface area contributed by atoms with Gasteiger partial charge >= 0.3 is 0 Å². The molecule has 2 nitrogen and oxygen atoms in total. The molecule has 0 spiro atoms. The van der Waals surface area contributed by atoms with Crippen molar-refractivity contribution in [3.05, 3.63) is 0 Å². The van der Waals surface area contributed by atoms with Gasteiger partial charge in [0.25, 0.3) is 0 Å². The van der Waals surface area contributed by atoms with E-state index in [9.17, 15) is 0 Å². The van der Waals surface area contributed by atoms with Crippen LogP contribution in [0.2, 0.25) is 0 Å². The Morgan fingerprint density at radius 2 is 2.14 bits per heavy atom. The Morgan fingerprint density at radius 3 is 2.86 bits per heavy atom. The van der Waals surface area contributed by atoms with Crippen molar-refractivity contribution in [2.45, 2.75) is 45.1 Å². The third kappa shape index (κ3) is 2.96. The molecule has 2 rings (SSSR count). The topological polar surface area (TPSA) is 15.3 Å². The zero-order valence-corrected chi connectivity index (χ0v) is 9.47. The Hall–Kier alpha value is -0.0800. The quantitative estimate of drug-likeness (QED) is 0.741. The molecule has 2 fully saturated rings. The van der Waals surface area contributed by atoms with Gasteiger partial charge in [0.1, 0.15) is 0 Å². The van der Waals surface area contributed by atoms with E-state index in [2.05, 4.69) is 17.1 Å². The lowest BCUT2D eigenvalue weighted by molar-refractivity contribution is 0.213. The van der Waals surface area contributed by atoms with Crippen molar-refractivity contribution in [2.75, 3.05) is 26.2 Å².